The minimum Gasteiger partial charge on any atom is -0.441 e. The summed E-state index contributed by atoms with van der Waals surface area (Å²) in [6.45, 7) is 0.758. The number of nitrogens with one attached hydrogen (secondary N) is 1. The molecule has 0 unspecified atom stereocenters. The third-order valence-electron chi connectivity index (χ3n) is 3.04. The molecule has 0 radical (unpaired) electrons. The van der Waals surface area contributed by atoms with Crippen molar-refractivity contribution in [1.82, 2.24) is 0 Å². The maximum Gasteiger partial charge on any atom is 0.193 e. The zero-order valence-electron chi connectivity index (χ0n) is 11.3. The van der Waals surface area contributed by atoms with Gasteiger partial charge in [-0.25, -0.2) is 0 Å². The van der Waals surface area contributed by atoms with Crippen molar-refractivity contribution < 1.29 is 4.42 Å². The average Bonchev–Trinajstić information content (AvgIpc) is 2.96. The second kappa shape index (κ2) is 7.34. The summed E-state index contributed by atoms with van der Waals surface area (Å²) in [6, 6.07) is 22.3. The molecule has 0 spiro atoms. The first-order valence-corrected chi connectivity index (χ1v) is 7.24. The maximum absolute atomic E-state index is 5.80. The number of rotatable bonds is 4. The molecule has 0 saturated heterocycles. The fraction of sp³-hybridized carbons (Fsp3) is 0.0588. The molecule has 1 aromatic heterocycles. The van der Waals surface area contributed by atoms with Crippen molar-refractivity contribution in [2.45, 2.75) is 6.54 Å². The van der Waals surface area contributed by atoms with E-state index in [1.807, 2.05) is 54.6 Å². The highest BCUT2D eigenvalue weighted by Crippen LogP contribution is 2.26. The summed E-state index contributed by atoms with van der Waals surface area (Å²) in [5.41, 5.74) is 2.30. The first kappa shape index (κ1) is 15.7. The van der Waals surface area contributed by atoms with Gasteiger partial charge in [0.05, 0.1) is 0 Å². The van der Waals surface area contributed by atoms with Gasteiger partial charge in [0.1, 0.15) is 5.76 Å². The van der Waals surface area contributed by atoms with Crippen molar-refractivity contribution in [3.8, 4) is 11.3 Å². The molecular weight excluding hydrogens is 350 g/mol. The molecule has 0 fully saturated rings. The normalized spacial score (nSPS) is 9.95. The topological polar surface area (TPSA) is 25.2 Å². The molecule has 2 aromatic carbocycles. The molecule has 1 N–H and O–H groups in total. The highest BCUT2D eigenvalue weighted by atomic mass is 79.9. The van der Waals surface area contributed by atoms with E-state index in [2.05, 4.69) is 33.4 Å². The van der Waals surface area contributed by atoms with Crippen LogP contribution < -0.4 is 5.32 Å². The predicted molar refractivity (Wildman–Crippen MR) is 92.9 cm³/mol. The summed E-state index contributed by atoms with van der Waals surface area (Å²) in [6.07, 6.45) is 0. The van der Waals surface area contributed by atoms with Gasteiger partial charge in [-0.05, 0) is 23.8 Å². The van der Waals surface area contributed by atoms with E-state index in [1.165, 1.54) is 5.56 Å². The molecular formula is C17H15BrClNO. The van der Waals surface area contributed by atoms with Crippen LogP contribution in [0.1, 0.15) is 5.56 Å². The Morgan fingerprint density at radius 1 is 0.857 bits per heavy atom. The molecule has 0 bridgehead atoms. The molecule has 0 aliphatic heterocycles. The van der Waals surface area contributed by atoms with Crippen LogP contribution in [0.5, 0.6) is 0 Å². The summed E-state index contributed by atoms with van der Waals surface area (Å²) < 4.78 is 6.87. The lowest BCUT2D eigenvalue weighted by Crippen LogP contribution is -1.97. The number of hydrogen-bond acceptors (Lipinski definition) is 2. The van der Waals surface area contributed by atoms with E-state index in [0.29, 0.717) is 0 Å². The Kier molecular flexibility index (Phi) is 5.48. The molecule has 0 aliphatic rings. The van der Waals surface area contributed by atoms with Gasteiger partial charge >= 0.3 is 0 Å². The number of furan rings is 1. The second-order valence-electron chi connectivity index (χ2n) is 4.51. The van der Waals surface area contributed by atoms with Gasteiger partial charge in [0.2, 0.25) is 0 Å². The van der Waals surface area contributed by atoms with Crippen molar-refractivity contribution in [2.75, 3.05) is 5.32 Å². The van der Waals surface area contributed by atoms with Crippen LogP contribution in [0.25, 0.3) is 11.3 Å². The largest absolute Gasteiger partial charge is 0.441 e. The summed E-state index contributed by atoms with van der Waals surface area (Å²) in [4.78, 5) is 0. The van der Waals surface area contributed by atoms with E-state index in [1.54, 1.807) is 0 Å². The van der Waals surface area contributed by atoms with E-state index in [4.69, 9.17) is 4.42 Å². The lowest BCUT2D eigenvalue weighted by molar-refractivity contribution is 0.593. The van der Waals surface area contributed by atoms with E-state index in [-0.39, 0.29) is 12.4 Å². The van der Waals surface area contributed by atoms with Crippen molar-refractivity contribution in [3.63, 3.8) is 0 Å². The van der Waals surface area contributed by atoms with Crippen molar-refractivity contribution in [3.05, 3.63) is 76.8 Å². The molecule has 21 heavy (non-hydrogen) atoms. The molecule has 0 amide bonds. The SMILES string of the molecule is Brc1ccc(-c2ccc(NCc3ccccc3)o2)cc1.Cl. The number of hydrogen-bond donors (Lipinski definition) is 1. The van der Waals surface area contributed by atoms with Crippen LogP contribution in [-0.4, -0.2) is 0 Å². The lowest BCUT2D eigenvalue weighted by Gasteiger charge is -2.03. The third-order valence-corrected chi connectivity index (χ3v) is 3.57. The summed E-state index contributed by atoms with van der Waals surface area (Å²) in [5.74, 6) is 1.65. The molecule has 3 aromatic rings. The molecule has 2 nitrogen and oxygen atoms in total. The Morgan fingerprint density at radius 2 is 1.57 bits per heavy atom. The van der Waals surface area contributed by atoms with Crippen LogP contribution in [0.4, 0.5) is 5.88 Å². The highest BCUT2D eigenvalue weighted by molar-refractivity contribution is 9.10. The van der Waals surface area contributed by atoms with Gasteiger partial charge in [0.25, 0.3) is 0 Å². The van der Waals surface area contributed by atoms with E-state index >= 15 is 0 Å². The van der Waals surface area contributed by atoms with Gasteiger partial charge < -0.3 is 9.73 Å². The fourth-order valence-electron chi connectivity index (χ4n) is 1.99. The van der Waals surface area contributed by atoms with Gasteiger partial charge in [-0.15, -0.1) is 12.4 Å². The minimum absolute atomic E-state index is 0. The van der Waals surface area contributed by atoms with Crippen LogP contribution in [0.2, 0.25) is 0 Å². The Hall–Kier alpha value is -1.71. The first-order valence-electron chi connectivity index (χ1n) is 6.45. The van der Waals surface area contributed by atoms with Gasteiger partial charge in [0.15, 0.2) is 5.88 Å². The van der Waals surface area contributed by atoms with Crippen LogP contribution in [0.15, 0.2) is 75.6 Å². The van der Waals surface area contributed by atoms with Crippen LogP contribution >= 0.6 is 28.3 Å². The smallest absolute Gasteiger partial charge is 0.193 e. The lowest BCUT2D eigenvalue weighted by atomic mass is 10.2. The van der Waals surface area contributed by atoms with E-state index < -0.39 is 0 Å². The first-order chi connectivity index (χ1) is 9.81. The van der Waals surface area contributed by atoms with Crippen molar-refractivity contribution in [2.24, 2.45) is 0 Å². The number of anilines is 1. The summed E-state index contributed by atoms with van der Waals surface area (Å²) >= 11 is 3.43. The van der Waals surface area contributed by atoms with Crippen LogP contribution in [0, 0.1) is 0 Å². The minimum atomic E-state index is 0. The standard InChI is InChI=1S/C17H14BrNO.ClH/c18-15-8-6-14(7-9-15)16-10-11-17(20-16)19-12-13-4-2-1-3-5-13;/h1-11,19H,12H2;1H. The summed E-state index contributed by atoms with van der Waals surface area (Å²) in [5, 5.41) is 3.29. The maximum atomic E-state index is 5.80. The Labute approximate surface area is 138 Å². The zero-order chi connectivity index (χ0) is 13.8. The molecule has 0 aliphatic carbocycles. The number of benzene rings is 2. The number of halogens is 2. The average molecular weight is 365 g/mol. The van der Waals surface area contributed by atoms with Crippen LogP contribution in [0.3, 0.4) is 0 Å². The van der Waals surface area contributed by atoms with Crippen LogP contribution in [-0.2, 0) is 6.54 Å². The molecule has 108 valence electrons. The van der Waals surface area contributed by atoms with E-state index in [9.17, 15) is 0 Å². The predicted octanol–water partition coefficient (Wildman–Crippen LogP) is 5.74. The molecule has 1 heterocycles. The third kappa shape index (κ3) is 4.13. The second-order valence-corrected chi connectivity index (χ2v) is 5.43. The van der Waals surface area contributed by atoms with Crippen molar-refractivity contribution in [1.29, 1.82) is 0 Å². The molecule has 0 atom stereocenters. The molecule has 0 saturated carbocycles. The highest BCUT2D eigenvalue weighted by Gasteiger charge is 2.04. The van der Waals surface area contributed by atoms with Gasteiger partial charge in [0, 0.05) is 22.6 Å². The van der Waals surface area contributed by atoms with E-state index in [0.717, 1.165) is 28.2 Å². The quantitative estimate of drug-likeness (QED) is 0.638. The molecule has 3 rings (SSSR count). The van der Waals surface area contributed by atoms with Gasteiger partial charge in [-0.3, -0.25) is 0 Å². The van der Waals surface area contributed by atoms with Gasteiger partial charge in [-0.1, -0.05) is 58.4 Å². The van der Waals surface area contributed by atoms with Gasteiger partial charge in [-0.2, -0.15) is 0 Å². The Morgan fingerprint density at radius 3 is 2.29 bits per heavy atom. The Bertz CT molecular complexity index is 680. The fourth-order valence-corrected chi connectivity index (χ4v) is 2.25. The molecule has 4 heteroatoms. The summed E-state index contributed by atoms with van der Waals surface area (Å²) in [7, 11) is 0. The Balaban J connectivity index is 0.00000161. The zero-order valence-corrected chi connectivity index (χ0v) is 13.7. The monoisotopic (exact) mass is 363 g/mol. The van der Waals surface area contributed by atoms with Crippen molar-refractivity contribution >= 4 is 34.2 Å².